The lowest BCUT2D eigenvalue weighted by Gasteiger charge is -2.05. The van der Waals surface area contributed by atoms with Crippen LogP contribution in [0.15, 0.2) is 30.6 Å². The van der Waals surface area contributed by atoms with E-state index in [1.54, 1.807) is 6.07 Å². The topological polar surface area (TPSA) is 84.2 Å². The number of rotatable bonds is 4. The fourth-order valence-corrected chi connectivity index (χ4v) is 1.90. The van der Waals surface area contributed by atoms with Gasteiger partial charge in [0.05, 0.1) is 22.5 Å². The van der Waals surface area contributed by atoms with Crippen LogP contribution in [0.2, 0.25) is 10.0 Å². The summed E-state index contributed by atoms with van der Waals surface area (Å²) in [6, 6.07) is 4.54. The van der Waals surface area contributed by atoms with Crippen LogP contribution in [0.4, 0.5) is 5.69 Å². The van der Waals surface area contributed by atoms with E-state index >= 15 is 0 Å². The Morgan fingerprint density at radius 3 is 2.80 bits per heavy atom. The maximum Gasteiger partial charge on any atom is 0.325 e. The van der Waals surface area contributed by atoms with Gasteiger partial charge in [0.15, 0.2) is 0 Å². The third-order valence-electron chi connectivity index (χ3n) is 2.36. The molecule has 0 saturated carbocycles. The van der Waals surface area contributed by atoms with E-state index in [0.29, 0.717) is 10.7 Å². The van der Waals surface area contributed by atoms with Crippen molar-refractivity contribution in [2.45, 2.75) is 6.54 Å². The van der Waals surface area contributed by atoms with Crippen LogP contribution in [0.1, 0.15) is 10.4 Å². The van der Waals surface area contributed by atoms with Gasteiger partial charge in [-0.15, -0.1) is 0 Å². The van der Waals surface area contributed by atoms with E-state index in [1.807, 2.05) is 0 Å². The number of carboxylic acids is 1. The molecule has 2 N–H and O–H groups in total. The van der Waals surface area contributed by atoms with Gasteiger partial charge in [0.2, 0.25) is 0 Å². The summed E-state index contributed by atoms with van der Waals surface area (Å²) in [5.74, 6) is -1.48. The molecule has 0 unspecified atom stereocenters. The van der Waals surface area contributed by atoms with Gasteiger partial charge < -0.3 is 10.4 Å². The number of hydrogen-bond acceptors (Lipinski definition) is 3. The molecule has 0 fully saturated rings. The normalized spacial score (nSPS) is 10.3. The molecular formula is C12H9Cl2N3O3. The fourth-order valence-electron chi connectivity index (χ4n) is 1.52. The zero-order valence-corrected chi connectivity index (χ0v) is 11.5. The van der Waals surface area contributed by atoms with Crippen LogP contribution in [0.5, 0.6) is 0 Å². The Hall–Kier alpha value is -2.05. The number of amides is 1. The minimum Gasteiger partial charge on any atom is -0.480 e. The Bertz CT molecular complexity index is 670. The zero-order chi connectivity index (χ0) is 14.7. The number of aliphatic carboxylic acids is 1. The van der Waals surface area contributed by atoms with Crippen LogP contribution in [0.25, 0.3) is 0 Å². The summed E-state index contributed by atoms with van der Waals surface area (Å²) in [5.41, 5.74) is 0.595. The molecule has 2 aromatic rings. The number of nitrogens with one attached hydrogen (secondary N) is 1. The first-order valence-corrected chi connectivity index (χ1v) is 6.22. The minimum absolute atomic E-state index is 0.227. The van der Waals surface area contributed by atoms with E-state index in [1.165, 1.54) is 29.2 Å². The summed E-state index contributed by atoms with van der Waals surface area (Å²) >= 11 is 11.7. The van der Waals surface area contributed by atoms with Crippen molar-refractivity contribution in [2.75, 3.05) is 5.32 Å². The summed E-state index contributed by atoms with van der Waals surface area (Å²) in [6.07, 6.45) is 2.75. The van der Waals surface area contributed by atoms with Crippen LogP contribution in [-0.4, -0.2) is 26.8 Å². The predicted octanol–water partition coefficient (Wildman–Crippen LogP) is 2.53. The highest BCUT2D eigenvalue weighted by molar-refractivity contribution is 6.36. The Labute approximate surface area is 123 Å². The first-order valence-electron chi connectivity index (χ1n) is 5.46. The number of hydrogen-bond donors (Lipinski definition) is 2. The van der Waals surface area contributed by atoms with Gasteiger partial charge in [-0.05, 0) is 18.2 Å². The molecule has 1 heterocycles. The molecule has 1 aromatic heterocycles. The summed E-state index contributed by atoms with van der Waals surface area (Å²) < 4.78 is 1.19. The molecule has 0 aliphatic carbocycles. The Morgan fingerprint density at radius 2 is 2.10 bits per heavy atom. The van der Waals surface area contributed by atoms with Crippen molar-refractivity contribution in [3.63, 3.8) is 0 Å². The number of anilines is 1. The number of carbonyl (C=O) groups excluding carboxylic acids is 1. The summed E-state index contributed by atoms with van der Waals surface area (Å²) in [7, 11) is 0. The van der Waals surface area contributed by atoms with Gasteiger partial charge >= 0.3 is 5.97 Å². The van der Waals surface area contributed by atoms with E-state index in [4.69, 9.17) is 28.3 Å². The van der Waals surface area contributed by atoms with Crippen LogP contribution in [0, 0.1) is 0 Å². The molecule has 0 aliphatic rings. The number of carboxylic acid groups (broad SMARTS) is 1. The minimum atomic E-state index is -1.02. The second kappa shape index (κ2) is 5.94. The molecule has 0 radical (unpaired) electrons. The molecule has 1 aromatic carbocycles. The predicted molar refractivity (Wildman–Crippen MR) is 74.3 cm³/mol. The third kappa shape index (κ3) is 3.49. The van der Waals surface area contributed by atoms with E-state index < -0.39 is 11.9 Å². The smallest absolute Gasteiger partial charge is 0.325 e. The quantitative estimate of drug-likeness (QED) is 0.908. The van der Waals surface area contributed by atoms with Gasteiger partial charge in [0, 0.05) is 11.2 Å². The molecule has 0 aliphatic heterocycles. The number of nitrogens with zero attached hydrogens (tertiary/aromatic N) is 2. The van der Waals surface area contributed by atoms with Crippen molar-refractivity contribution in [1.82, 2.24) is 9.78 Å². The number of benzene rings is 1. The maximum atomic E-state index is 12.0. The van der Waals surface area contributed by atoms with Crippen molar-refractivity contribution in [2.24, 2.45) is 0 Å². The van der Waals surface area contributed by atoms with Crippen molar-refractivity contribution < 1.29 is 14.7 Å². The Balaban J connectivity index is 2.13. The first-order chi connectivity index (χ1) is 9.45. The van der Waals surface area contributed by atoms with E-state index in [9.17, 15) is 9.59 Å². The monoisotopic (exact) mass is 313 g/mol. The molecule has 0 spiro atoms. The van der Waals surface area contributed by atoms with Gasteiger partial charge in [-0.1, -0.05) is 23.2 Å². The molecule has 0 bridgehead atoms. The maximum absolute atomic E-state index is 12.0. The molecule has 104 valence electrons. The highest BCUT2D eigenvalue weighted by Gasteiger charge is 2.12. The molecule has 20 heavy (non-hydrogen) atoms. The molecule has 6 nitrogen and oxygen atoms in total. The first kappa shape index (κ1) is 14.4. The van der Waals surface area contributed by atoms with Crippen molar-refractivity contribution in [1.29, 1.82) is 0 Å². The van der Waals surface area contributed by atoms with Gasteiger partial charge in [0.1, 0.15) is 6.54 Å². The molecule has 0 atom stereocenters. The molecule has 8 heteroatoms. The molecule has 1 amide bonds. The number of aromatic nitrogens is 2. The Kier molecular flexibility index (Phi) is 4.26. The number of carbonyl (C=O) groups is 2. The highest BCUT2D eigenvalue weighted by Crippen LogP contribution is 2.21. The second-order valence-electron chi connectivity index (χ2n) is 3.90. The average Bonchev–Trinajstić information content (AvgIpc) is 2.78. The lowest BCUT2D eigenvalue weighted by molar-refractivity contribution is -0.137. The molecule has 0 saturated heterocycles. The standard InChI is InChI=1S/C12H9Cl2N3O3/c13-7-1-2-10(14)9(3-7)12(20)16-8-4-15-17(5-8)6-11(18)19/h1-5H,6H2,(H,16,20)(H,18,19). The van der Waals surface area contributed by atoms with Crippen LogP contribution in [-0.2, 0) is 11.3 Å². The molecule has 2 rings (SSSR count). The zero-order valence-electron chi connectivity index (χ0n) is 10.0. The Morgan fingerprint density at radius 1 is 1.35 bits per heavy atom. The van der Waals surface area contributed by atoms with Crippen LogP contribution >= 0.6 is 23.2 Å². The lowest BCUT2D eigenvalue weighted by atomic mass is 10.2. The second-order valence-corrected chi connectivity index (χ2v) is 4.74. The third-order valence-corrected chi connectivity index (χ3v) is 2.93. The van der Waals surface area contributed by atoms with E-state index in [2.05, 4.69) is 10.4 Å². The average molecular weight is 314 g/mol. The fraction of sp³-hybridized carbons (Fsp3) is 0.0833. The lowest BCUT2D eigenvalue weighted by Crippen LogP contribution is -2.12. The van der Waals surface area contributed by atoms with Crippen molar-refractivity contribution in [3.05, 3.63) is 46.2 Å². The van der Waals surface area contributed by atoms with E-state index in [-0.39, 0.29) is 17.1 Å². The summed E-state index contributed by atoms with van der Waals surface area (Å²) in [4.78, 5) is 22.5. The summed E-state index contributed by atoms with van der Waals surface area (Å²) in [6.45, 7) is -0.284. The van der Waals surface area contributed by atoms with Gasteiger partial charge in [-0.25, -0.2) is 0 Å². The van der Waals surface area contributed by atoms with Crippen molar-refractivity contribution in [3.8, 4) is 0 Å². The highest BCUT2D eigenvalue weighted by atomic mass is 35.5. The van der Waals surface area contributed by atoms with Crippen molar-refractivity contribution >= 4 is 40.8 Å². The van der Waals surface area contributed by atoms with Gasteiger partial charge in [-0.2, -0.15) is 5.10 Å². The van der Waals surface area contributed by atoms with Gasteiger partial charge in [0.25, 0.3) is 5.91 Å². The number of halogens is 2. The van der Waals surface area contributed by atoms with Crippen LogP contribution < -0.4 is 5.32 Å². The van der Waals surface area contributed by atoms with E-state index in [0.717, 1.165) is 0 Å². The SMILES string of the molecule is O=C(O)Cn1cc(NC(=O)c2cc(Cl)ccc2Cl)cn1. The largest absolute Gasteiger partial charge is 0.480 e. The molecular weight excluding hydrogens is 305 g/mol. The summed E-state index contributed by atoms with van der Waals surface area (Å²) in [5, 5.41) is 15.6. The van der Waals surface area contributed by atoms with Gasteiger partial charge in [-0.3, -0.25) is 14.3 Å². The van der Waals surface area contributed by atoms with Crippen LogP contribution in [0.3, 0.4) is 0 Å².